The molecule has 134 valence electrons. The Morgan fingerprint density at radius 1 is 1.04 bits per heavy atom. The number of carbonyl (C=O) groups is 1. The fraction of sp³-hybridized carbons (Fsp3) is 0.278. The highest BCUT2D eigenvalue weighted by atomic mass is 35.5. The number of rotatable bonds is 4. The predicted octanol–water partition coefficient (Wildman–Crippen LogP) is 3.98. The number of benzene rings is 2. The van der Waals surface area contributed by atoms with Crippen molar-refractivity contribution in [2.45, 2.75) is 38.1 Å². The second-order valence-corrected chi connectivity index (χ2v) is 8.91. The van der Waals surface area contributed by atoms with E-state index in [1.54, 1.807) is 12.1 Å². The van der Waals surface area contributed by atoms with Crippen LogP contribution >= 0.6 is 11.6 Å². The Kier molecular flexibility index (Phi) is 5.44. The van der Waals surface area contributed by atoms with Crippen molar-refractivity contribution in [3.05, 3.63) is 58.6 Å². The van der Waals surface area contributed by atoms with Crippen LogP contribution in [0.25, 0.3) is 0 Å². The highest BCUT2D eigenvalue weighted by Crippen LogP contribution is 2.24. The lowest BCUT2D eigenvalue weighted by Crippen LogP contribution is -2.40. The van der Waals surface area contributed by atoms with Gasteiger partial charge in [-0.2, -0.15) is 0 Å². The highest BCUT2D eigenvalue weighted by Gasteiger charge is 2.19. The van der Waals surface area contributed by atoms with E-state index in [-0.39, 0.29) is 27.1 Å². The van der Waals surface area contributed by atoms with Crippen molar-refractivity contribution in [3.63, 3.8) is 0 Å². The van der Waals surface area contributed by atoms with Gasteiger partial charge in [-0.3, -0.25) is 9.52 Å². The first-order chi connectivity index (χ1) is 11.5. The first-order valence-corrected chi connectivity index (χ1v) is 9.56. The Balaban J connectivity index is 2.23. The zero-order valence-electron chi connectivity index (χ0n) is 14.6. The maximum atomic E-state index is 12.4. The molecule has 2 aromatic carbocycles. The third kappa shape index (κ3) is 5.21. The molecule has 0 aliphatic carbocycles. The molecule has 0 heterocycles. The quantitative estimate of drug-likeness (QED) is 0.842. The summed E-state index contributed by atoms with van der Waals surface area (Å²) < 4.78 is 27.3. The fourth-order valence-electron chi connectivity index (χ4n) is 2.10. The Morgan fingerprint density at radius 3 is 2.16 bits per heavy atom. The average Bonchev–Trinajstić information content (AvgIpc) is 2.45. The molecular formula is C18H21ClN2O3S. The average molecular weight is 381 g/mol. The van der Waals surface area contributed by atoms with E-state index in [0.29, 0.717) is 0 Å². The smallest absolute Gasteiger partial charge is 0.261 e. The van der Waals surface area contributed by atoms with Crippen LogP contribution in [-0.2, 0) is 10.0 Å². The summed E-state index contributed by atoms with van der Waals surface area (Å²) in [6.07, 6.45) is 0. The lowest BCUT2D eigenvalue weighted by molar-refractivity contribution is 0.0919. The highest BCUT2D eigenvalue weighted by molar-refractivity contribution is 7.92. The van der Waals surface area contributed by atoms with Crippen molar-refractivity contribution in [1.29, 1.82) is 0 Å². The summed E-state index contributed by atoms with van der Waals surface area (Å²) in [4.78, 5) is 12.4. The number of amides is 1. The zero-order valence-corrected chi connectivity index (χ0v) is 16.1. The molecule has 0 saturated heterocycles. The Hall–Kier alpha value is -2.05. The minimum absolute atomic E-state index is 0.156. The second kappa shape index (κ2) is 7.06. The number of hydrogen-bond acceptors (Lipinski definition) is 3. The van der Waals surface area contributed by atoms with E-state index in [9.17, 15) is 13.2 Å². The number of carbonyl (C=O) groups excluding carboxylic acids is 1. The van der Waals surface area contributed by atoms with Gasteiger partial charge in [0.1, 0.15) is 0 Å². The summed E-state index contributed by atoms with van der Waals surface area (Å²) in [6.45, 7) is 7.47. The number of sulfonamides is 1. The van der Waals surface area contributed by atoms with Crippen molar-refractivity contribution in [3.8, 4) is 0 Å². The van der Waals surface area contributed by atoms with Crippen LogP contribution in [0.5, 0.6) is 0 Å². The molecule has 0 bridgehead atoms. The SMILES string of the molecule is Cc1ccc(S(=O)(=O)Nc2ccc(C(=O)NC(C)(C)C)c(Cl)c2)cc1. The van der Waals surface area contributed by atoms with E-state index < -0.39 is 15.6 Å². The van der Waals surface area contributed by atoms with Crippen molar-refractivity contribution in [2.24, 2.45) is 0 Å². The minimum Gasteiger partial charge on any atom is -0.347 e. The maximum absolute atomic E-state index is 12.4. The molecule has 25 heavy (non-hydrogen) atoms. The first kappa shape index (κ1) is 19.3. The van der Waals surface area contributed by atoms with Crippen LogP contribution in [0.2, 0.25) is 5.02 Å². The fourth-order valence-corrected chi connectivity index (χ4v) is 3.42. The van der Waals surface area contributed by atoms with Gasteiger partial charge in [-0.25, -0.2) is 8.42 Å². The molecule has 0 atom stereocenters. The normalized spacial score (nSPS) is 11.9. The van der Waals surface area contributed by atoms with Gasteiger partial charge in [-0.1, -0.05) is 29.3 Å². The third-order valence-electron chi connectivity index (χ3n) is 3.29. The molecule has 1 amide bonds. The summed E-state index contributed by atoms with van der Waals surface area (Å²) in [5.74, 6) is -0.314. The third-order valence-corrected chi connectivity index (χ3v) is 5.00. The Labute approximate surface area is 153 Å². The number of halogens is 1. The molecule has 0 aliphatic rings. The molecule has 2 aromatic rings. The van der Waals surface area contributed by atoms with Gasteiger partial charge in [0.05, 0.1) is 21.2 Å². The Bertz CT molecular complexity index is 886. The summed E-state index contributed by atoms with van der Waals surface area (Å²) in [5, 5.41) is 2.99. The molecule has 7 heteroatoms. The van der Waals surface area contributed by atoms with Gasteiger partial charge in [-0.05, 0) is 58.0 Å². The standard InChI is InChI=1S/C18H21ClN2O3S/c1-12-5-8-14(9-6-12)25(23,24)21-13-7-10-15(16(19)11-13)17(22)20-18(2,3)4/h5-11,21H,1-4H3,(H,20,22). The van der Waals surface area contributed by atoms with Crippen LogP contribution in [0.3, 0.4) is 0 Å². The minimum atomic E-state index is -3.72. The molecule has 0 saturated carbocycles. The lowest BCUT2D eigenvalue weighted by atomic mass is 10.1. The molecule has 5 nitrogen and oxygen atoms in total. The van der Waals surface area contributed by atoms with Gasteiger partial charge in [-0.15, -0.1) is 0 Å². The zero-order chi connectivity index (χ0) is 18.8. The topological polar surface area (TPSA) is 75.3 Å². The van der Waals surface area contributed by atoms with Crippen LogP contribution in [-0.4, -0.2) is 19.9 Å². The molecular weight excluding hydrogens is 360 g/mol. The van der Waals surface area contributed by atoms with Crippen LogP contribution < -0.4 is 10.0 Å². The van der Waals surface area contributed by atoms with Crippen molar-refractivity contribution in [1.82, 2.24) is 5.32 Å². The maximum Gasteiger partial charge on any atom is 0.261 e. The van der Waals surface area contributed by atoms with Gasteiger partial charge in [0.2, 0.25) is 0 Å². The van der Waals surface area contributed by atoms with E-state index in [1.807, 2.05) is 27.7 Å². The second-order valence-electron chi connectivity index (χ2n) is 6.82. The molecule has 0 radical (unpaired) electrons. The van der Waals surface area contributed by atoms with Gasteiger partial charge in [0.15, 0.2) is 0 Å². The molecule has 2 rings (SSSR count). The van der Waals surface area contributed by atoms with E-state index in [1.165, 1.54) is 30.3 Å². The largest absolute Gasteiger partial charge is 0.347 e. The molecule has 0 fully saturated rings. The van der Waals surface area contributed by atoms with Gasteiger partial charge in [0, 0.05) is 5.54 Å². The summed E-state index contributed by atoms with van der Waals surface area (Å²) in [6, 6.07) is 10.9. The van der Waals surface area contributed by atoms with E-state index >= 15 is 0 Å². The molecule has 0 aliphatic heterocycles. The molecule has 0 aromatic heterocycles. The lowest BCUT2D eigenvalue weighted by Gasteiger charge is -2.21. The van der Waals surface area contributed by atoms with Crippen LogP contribution in [0.1, 0.15) is 36.7 Å². The molecule has 2 N–H and O–H groups in total. The van der Waals surface area contributed by atoms with Crippen molar-refractivity contribution < 1.29 is 13.2 Å². The van der Waals surface area contributed by atoms with Crippen LogP contribution in [0.4, 0.5) is 5.69 Å². The predicted molar refractivity (Wildman–Crippen MR) is 101 cm³/mol. The summed E-state index contributed by atoms with van der Waals surface area (Å²) >= 11 is 6.15. The molecule has 0 spiro atoms. The van der Waals surface area contributed by atoms with E-state index in [2.05, 4.69) is 10.0 Å². The van der Waals surface area contributed by atoms with Gasteiger partial charge >= 0.3 is 0 Å². The summed E-state index contributed by atoms with van der Waals surface area (Å²) in [7, 11) is -3.72. The van der Waals surface area contributed by atoms with Gasteiger partial charge < -0.3 is 5.32 Å². The Morgan fingerprint density at radius 2 is 1.64 bits per heavy atom. The van der Waals surface area contributed by atoms with Crippen molar-refractivity contribution in [2.75, 3.05) is 4.72 Å². The van der Waals surface area contributed by atoms with E-state index in [4.69, 9.17) is 11.6 Å². The monoisotopic (exact) mass is 380 g/mol. The van der Waals surface area contributed by atoms with Crippen LogP contribution in [0.15, 0.2) is 47.4 Å². The molecule has 0 unspecified atom stereocenters. The first-order valence-electron chi connectivity index (χ1n) is 7.69. The van der Waals surface area contributed by atoms with E-state index in [0.717, 1.165) is 5.56 Å². The van der Waals surface area contributed by atoms with Crippen LogP contribution in [0, 0.1) is 6.92 Å². The summed E-state index contributed by atoms with van der Waals surface area (Å²) in [5.41, 5.74) is 1.15. The van der Waals surface area contributed by atoms with Crippen molar-refractivity contribution >= 4 is 33.2 Å². The number of anilines is 1. The number of hydrogen-bond donors (Lipinski definition) is 2. The number of aryl methyl sites for hydroxylation is 1. The number of nitrogens with one attached hydrogen (secondary N) is 2. The van der Waals surface area contributed by atoms with Gasteiger partial charge in [0.25, 0.3) is 15.9 Å².